The van der Waals surface area contributed by atoms with E-state index in [9.17, 15) is 19.2 Å². The maximum Gasteiger partial charge on any atom is 0.339 e. The number of piperazine rings is 1. The van der Waals surface area contributed by atoms with Crippen LogP contribution < -0.4 is 9.80 Å². The zero-order chi connectivity index (χ0) is 24.5. The van der Waals surface area contributed by atoms with E-state index in [0.29, 0.717) is 26.2 Å². The molecule has 180 valence electrons. The number of carbonyl (C=O) groups is 4. The van der Waals surface area contributed by atoms with Crippen molar-refractivity contribution in [3.63, 3.8) is 0 Å². The summed E-state index contributed by atoms with van der Waals surface area (Å²) in [5.41, 5.74) is 1.33. The van der Waals surface area contributed by atoms with Crippen molar-refractivity contribution in [3.05, 3.63) is 60.2 Å². The highest BCUT2D eigenvalue weighted by Gasteiger charge is 2.55. The zero-order valence-corrected chi connectivity index (χ0v) is 19.1. The zero-order valence-electron chi connectivity index (χ0n) is 19.1. The molecule has 0 aliphatic carbocycles. The van der Waals surface area contributed by atoms with Crippen molar-refractivity contribution in [3.8, 4) is 0 Å². The molecule has 11 nitrogen and oxygen atoms in total. The first-order valence-electron chi connectivity index (χ1n) is 11.3. The van der Waals surface area contributed by atoms with E-state index in [2.05, 4.69) is 15.2 Å². The first-order valence-corrected chi connectivity index (χ1v) is 11.3. The monoisotopic (exact) mass is 476 g/mol. The minimum absolute atomic E-state index is 0.0903. The molecular formula is C24H24N6O5. The molecular weight excluding hydrogens is 452 g/mol. The second kappa shape index (κ2) is 9.16. The Balaban J connectivity index is 1.26. The Kier molecular flexibility index (Phi) is 5.89. The number of amides is 3. The highest BCUT2D eigenvalue weighted by molar-refractivity contribution is 6.26. The molecule has 0 unspecified atom stereocenters. The standard InChI is InChI=1S/C24H24N6O5/c1-35-24(34)17-9-5-6-10-18(17)30-22(32)20-21(23(30)33)29(26-25-20)15-19(31)28-13-11-27(12-14-28)16-7-3-2-4-8-16/h2-10,20-21H,11-15H2,1H3/t20-,21-/m0/s1. The molecule has 2 aromatic carbocycles. The summed E-state index contributed by atoms with van der Waals surface area (Å²) >= 11 is 0. The predicted molar refractivity (Wildman–Crippen MR) is 125 cm³/mol. The Labute approximate surface area is 201 Å². The van der Waals surface area contributed by atoms with Crippen molar-refractivity contribution >= 4 is 35.1 Å². The minimum atomic E-state index is -1.06. The highest BCUT2D eigenvalue weighted by Crippen LogP contribution is 2.33. The number of esters is 1. The lowest BCUT2D eigenvalue weighted by molar-refractivity contribution is -0.134. The van der Waals surface area contributed by atoms with E-state index in [1.165, 1.54) is 24.3 Å². The quantitative estimate of drug-likeness (QED) is 0.469. The second-order valence-electron chi connectivity index (χ2n) is 8.42. The number of hydrogen-bond acceptors (Lipinski definition) is 9. The predicted octanol–water partition coefficient (Wildman–Crippen LogP) is 1.12. The molecule has 0 radical (unpaired) electrons. The van der Waals surface area contributed by atoms with Crippen molar-refractivity contribution in [2.45, 2.75) is 12.1 Å². The van der Waals surface area contributed by atoms with Gasteiger partial charge in [0, 0.05) is 31.9 Å². The molecule has 2 aromatic rings. The van der Waals surface area contributed by atoms with Gasteiger partial charge in [-0.2, -0.15) is 5.11 Å². The van der Waals surface area contributed by atoms with Crippen molar-refractivity contribution in [1.29, 1.82) is 0 Å². The van der Waals surface area contributed by atoms with Crippen LogP contribution in [-0.2, 0) is 19.1 Å². The first kappa shape index (κ1) is 22.5. The van der Waals surface area contributed by atoms with Gasteiger partial charge in [-0.1, -0.05) is 35.6 Å². The topological polar surface area (TPSA) is 115 Å². The summed E-state index contributed by atoms with van der Waals surface area (Å²) < 4.78 is 4.78. The van der Waals surface area contributed by atoms with E-state index in [4.69, 9.17) is 4.74 Å². The van der Waals surface area contributed by atoms with E-state index in [0.717, 1.165) is 10.6 Å². The van der Waals surface area contributed by atoms with Crippen LogP contribution in [0.2, 0.25) is 0 Å². The van der Waals surface area contributed by atoms with Gasteiger partial charge < -0.3 is 14.5 Å². The molecule has 0 bridgehead atoms. The fraction of sp³-hybridized carbons (Fsp3) is 0.333. The van der Waals surface area contributed by atoms with Gasteiger partial charge in [-0.3, -0.25) is 19.4 Å². The van der Waals surface area contributed by atoms with E-state index >= 15 is 0 Å². The summed E-state index contributed by atoms with van der Waals surface area (Å²) in [6, 6.07) is 14.1. The molecule has 5 rings (SSSR count). The highest BCUT2D eigenvalue weighted by atomic mass is 16.5. The normalized spacial score (nSPS) is 21.5. The molecule has 0 saturated carbocycles. The maximum atomic E-state index is 13.3. The molecule has 3 aliphatic rings. The number of para-hydroxylation sites is 2. The third-order valence-electron chi connectivity index (χ3n) is 6.46. The van der Waals surface area contributed by atoms with Crippen LogP contribution in [0, 0.1) is 0 Å². The van der Waals surface area contributed by atoms with Gasteiger partial charge >= 0.3 is 5.97 Å². The number of rotatable bonds is 5. The Morgan fingerprint density at radius 1 is 0.943 bits per heavy atom. The molecule has 35 heavy (non-hydrogen) atoms. The molecule has 11 heteroatoms. The number of nitrogens with zero attached hydrogens (tertiary/aromatic N) is 6. The van der Waals surface area contributed by atoms with Crippen molar-refractivity contribution in [1.82, 2.24) is 9.91 Å². The molecule has 0 spiro atoms. The van der Waals surface area contributed by atoms with Crippen molar-refractivity contribution in [2.75, 3.05) is 49.6 Å². The Morgan fingerprint density at radius 2 is 1.63 bits per heavy atom. The van der Waals surface area contributed by atoms with Gasteiger partial charge in [0.25, 0.3) is 11.8 Å². The maximum absolute atomic E-state index is 13.3. The summed E-state index contributed by atoms with van der Waals surface area (Å²) in [6.45, 7) is 2.30. The largest absolute Gasteiger partial charge is 0.465 e. The fourth-order valence-electron chi connectivity index (χ4n) is 4.63. The Morgan fingerprint density at radius 3 is 2.34 bits per heavy atom. The minimum Gasteiger partial charge on any atom is -0.465 e. The first-order chi connectivity index (χ1) is 17.0. The van der Waals surface area contributed by atoms with Crippen LogP contribution in [0.5, 0.6) is 0 Å². The molecule has 2 saturated heterocycles. The lowest BCUT2D eigenvalue weighted by Gasteiger charge is -2.36. The van der Waals surface area contributed by atoms with Gasteiger partial charge in [-0.05, 0) is 24.3 Å². The molecule has 0 aromatic heterocycles. The molecule has 3 heterocycles. The number of ether oxygens (including phenoxy) is 1. The van der Waals surface area contributed by atoms with Crippen molar-refractivity contribution in [2.24, 2.45) is 10.3 Å². The van der Waals surface area contributed by atoms with Crippen LogP contribution in [-0.4, -0.2) is 85.5 Å². The smallest absolute Gasteiger partial charge is 0.339 e. The van der Waals surface area contributed by atoms with Gasteiger partial charge in [0.2, 0.25) is 5.91 Å². The van der Waals surface area contributed by atoms with Crippen LogP contribution in [0.1, 0.15) is 10.4 Å². The van der Waals surface area contributed by atoms with E-state index in [1.807, 2.05) is 30.3 Å². The van der Waals surface area contributed by atoms with Crippen LogP contribution >= 0.6 is 0 Å². The third-order valence-corrected chi connectivity index (χ3v) is 6.46. The summed E-state index contributed by atoms with van der Waals surface area (Å²) in [6.07, 6.45) is 0. The lowest BCUT2D eigenvalue weighted by atomic mass is 10.1. The van der Waals surface area contributed by atoms with E-state index in [1.54, 1.807) is 17.0 Å². The van der Waals surface area contributed by atoms with Gasteiger partial charge in [-0.15, -0.1) is 0 Å². The van der Waals surface area contributed by atoms with Gasteiger partial charge in [-0.25, -0.2) is 9.69 Å². The number of fused-ring (bicyclic) bond motifs is 1. The number of carbonyl (C=O) groups excluding carboxylic acids is 4. The third kappa shape index (κ3) is 3.98. The Hall–Kier alpha value is -4.28. The van der Waals surface area contributed by atoms with E-state index in [-0.39, 0.29) is 23.7 Å². The number of imide groups is 1. The van der Waals surface area contributed by atoms with Gasteiger partial charge in [0.1, 0.15) is 6.54 Å². The van der Waals surface area contributed by atoms with Crippen LogP contribution in [0.15, 0.2) is 64.9 Å². The SMILES string of the molecule is COC(=O)c1ccccc1N1C(=O)[C@H]2N=NN(CC(=O)N3CCN(c4ccccc4)CC3)[C@@H]2C1=O. The molecule has 3 aliphatic heterocycles. The average Bonchev–Trinajstić information content (AvgIpc) is 3.42. The number of hydrogen-bond donors (Lipinski definition) is 0. The Bertz CT molecular complexity index is 1190. The summed E-state index contributed by atoms with van der Waals surface area (Å²) in [7, 11) is 1.22. The molecule has 2 fully saturated rings. The second-order valence-corrected chi connectivity index (χ2v) is 8.42. The molecule has 0 N–H and O–H groups in total. The fourth-order valence-corrected chi connectivity index (χ4v) is 4.63. The summed E-state index contributed by atoms with van der Waals surface area (Å²) in [4.78, 5) is 56.4. The van der Waals surface area contributed by atoms with E-state index < -0.39 is 29.9 Å². The summed E-state index contributed by atoms with van der Waals surface area (Å²) in [5, 5.41) is 9.21. The van der Waals surface area contributed by atoms with Gasteiger partial charge in [0.15, 0.2) is 12.1 Å². The lowest BCUT2D eigenvalue weighted by Crippen LogP contribution is -2.52. The van der Waals surface area contributed by atoms with Crippen molar-refractivity contribution < 1.29 is 23.9 Å². The molecule has 2 atom stereocenters. The number of anilines is 2. The van der Waals surface area contributed by atoms with Gasteiger partial charge in [0.05, 0.1) is 18.4 Å². The number of benzene rings is 2. The van der Waals surface area contributed by atoms with Crippen LogP contribution in [0.3, 0.4) is 0 Å². The van der Waals surface area contributed by atoms with Crippen LogP contribution in [0.25, 0.3) is 0 Å². The summed E-state index contributed by atoms with van der Waals surface area (Å²) in [5.74, 6) is -2.03. The number of methoxy groups -OCH3 is 1. The van der Waals surface area contributed by atoms with Crippen LogP contribution in [0.4, 0.5) is 11.4 Å². The average molecular weight is 476 g/mol. The molecule has 3 amide bonds.